The lowest BCUT2D eigenvalue weighted by molar-refractivity contribution is -0.124. The van der Waals surface area contributed by atoms with E-state index in [4.69, 9.17) is 0 Å². The van der Waals surface area contributed by atoms with Crippen molar-refractivity contribution in [2.45, 2.75) is 25.3 Å². The van der Waals surface area contributed by atoms with Crippen LogP contribution in [0.2, 0.25) is 0 Å². The van der Waals surface area contributed by atoms with Gasteiger partial charge in [0, 0.05) is 37.1 Å². The van der Waals surface area contributed by atoms with Crippen LogP contribution >= 0.6 is 0 Å². The smallest absolute Gasteiger partial charge is 0.220 e. The Kier molecular flexibility index (Phi) is 3.21. The molecule has 4 nitrogen and oxygen atoms in total. The molecule has 3 heterocycles. The van der Waals surface area contributed by atoms with Gasteiger partial charge in [-0.3, -0.25) is 4.79 Å². The van der Waals surface area contributed by atoms with Crippen molar-refractivity contribution in [2.75, 3.05) is 18.0 Å². The Morgan fingerprint density at radius 3 is 3.09 bits per heavy atom. The molecule has 2 aliphatic heterocycles. The quantitative estimate of drug-likeness (QED) is 0.880. The summed E-state index contributed by atoms with van der Waals surface area (Å²) in [4.78, 5) is 18.3. The van der Waals surface area contributed by atoms with Crippen LogP contribution in [0, 0.1) is 11.7 Å². The molecule has 1 N–H and O–H groups in total. The van der Waals surface area contributed by atoms with E-state index in [0.29, 0.717) is 18.4 Å². The Morgan fingerprint density at radius 1 is 1.27 bits per heavy atom. The number of aromatic nitrogens is 1. The molecule has 2 saturated heterocycles. The summed E-state index contributed by atoms with van der Waals surface area (Å²) in [6.45, 7) is 1.76. The van der Waals surface area contributed by atoms with Gasteiger partial charge in [-0.25, -0.2) is 9.37 Å². The van der Waals surface area contributed by atoms with Gasteiger partial charge in [-0.1, -0.05) is 0 Å². The number of nitrogens with zero attached hydrogens (tertiary/aromatic N) is 2. The first-order valence-corrected chi connectivity index (χ1v) is 7.79. The van der Waals surface area contributed by atoms with E-state index in [1.807, 2.05) is 12.1 Å². The van der Waals surface area contributed by atoms with Crippen LogP contribution in [0.15, 0.2) is 30.5 Å². The number of hydrogen-bond acceptors (Lipinski definition) is 3. The van der Waals surface area contributed by atoms with Crippen molar-refractivity contribution in [3.63, 3.8) is 0 Å². The molecule has 2 aliphatic rings. The fourth-order valence-corrected chi connectivity index (χ4v) is 3.69. The first-order valence-electron chi connectivity index (χ1n) is 7.79. The van der Waals surface area contributed by atoms with E-state index >= 15 is 0 Å². The Bertz CT molecular complexity index is 733. The number of fused-ring (bicyclic) bond motifs is 2. The molecule has 1 aromatic carbocycles. The molecule has 0 radical (unpaired) electrons. The second-order valence-corrected chi connectivity index (χ2v) is 6.21. The van der Waals surface area contributed by atoms with E-state index in [2.05, 4.69) is 15.2 Å². The highest BCUT2D eigenvalue weighted by Gasteiger charge is 2.34. The number of carbonyl (C=O) groups is 1. The Hall–Kier alpha value is -2.17. The second-order valence-electron chi connectivity index (χ2n) is 6.21. The molecular weight excluding hydrogens is 281 g/mol. The summed E-state index contributed by atoms with van der Waals surface area (Å²) in [5, 5.41) is 4.97. The summed E-state index contributed by atoms with van der Waals surface area (Å²) in [6.07, 6.45) is 4.23. The normalized spacial score (nSPS) is 25.0. The zero-order valence-electron chi connectivity index (χ0n) is 12.3. The maximum Gasteiger partial charge on any atom is 0.220 e. The summed E-state index contributed by atoms with van der Waals surface area (Å²) in [7, 11) is 0. The Labute approximate surface area is 128 Å². The van der Waals surface area contributed by atoms with E-state index in [1.54, 1.807) is 12.3 Å². The van der Waals surface area contributed by atoms with Crippen molar-refractivity contribution in [1.82, 2.24) is 10.3 Å². The number of hydrogen-bond donors (Lipinski definition) is 1. The zero-order chi connectivity index (χ0) is 15.1. The van der Waals surface area contributed by atoms with Gasteiger partial charge in [0.1, 0.15) is 11.6 Å². The van der Waals surface area contributed by atoms with E-state index in [9.17, 15) is 9.18 Å². The number of halogens is 1. The zero-order valence-corrected chi connectivity index (χ0v) is 12.3. The minimum Gasteiger partial charge on any atom is -0.356 e. The second kappa shape index (κ2) is 5.23. The van der Waals surface area contributed by atoms with Crippen molar-refractivity contribution in [3.8, 4) is 0 Å². The highest BCUT2D eigenvalue weighted by Crippen LogP contribution is 2.31. The van der Waals surface area contributed by atoms with Crippen LogP contribution in [0.1, 0.15) is 19.3 Å². The molecule has 2 aromatic rings. The lowest BCUT2D eigenvalue weighted by Crippen LogP contribution is -2.54. The predicted octanol–water partition coefficient (Wildman–Crippen LogP) is 2.48. The van der Waals surface area contributed by atoms with Gasteiger partial charge in [-0.05, 0) is 48.4 Å². The van der Waals surface area contributed by atoms with E-state index in [1.165, 1.54) is 6.07 Å². The highest BCUT2D eigenvalue weighted by molar-refractivity contribution is 5.92. The van der Waals surface area contributed by atoms with Crippen LogP contribution in [-0.2, 0) is 4.79 Å². The highest BCUT2D eigenvalue weighted by atomic mass is 19.1. The topological polar surface area (TPSA) is 45.2 Å². The third-order valence-electron chi connectivity index (χ3n) is 4.83. The van der Waals surface area contributed by atoms with Crippen LogP contribution in [0.3, 0.4) is 0 Å². The molecule has 5 heteroatoms. The average molecular weight is 299 g/mol. The molecular formula is C17H18FN3O. The molecule has 0 bridgehead atoms. The van der Waals surface area contributed by atoms with E-state index in [0.717, 1.165) is 42.5 Å². The fraction of sp³-hybridized carbons (Fsp3) is 0.412. The molecule has 1 amide bonds. The van der Waals surface area contributed by atoms with Gasteiger partial charge >= 0.3 is 0 Å². The number of rotatable bonds is 1. The first kappa shape index (κ1) is 13.5. The summed E-state index contributed by atoms with van der Waals surface area (Å²) < 4.78 is 13.4. The molecule has 4 rings (SSSR count). The van der Waals surface area contributed by atoms with Gasteiger partial charge in [0.05, 0.1) is 0 Å². The Balaban J connectivity index is 1.64. The molecule has 2 unspecified atom stereocenters. The first-order chi connectivity index (χ1) is 10.7. The number of anilines is 1. The van der Waals surface area contributed by atoms with Gasteiger partial charge in [0.15, 0.2) is 0 Å². The summed E-state index contributed by atoms with van der Waals surface area (Å²) in [6, 6.07) is 6.98. The van der Waals surface area contributed by atoms with E-state index < -0.39 is 0 Å². The number of nitrogens with one attached hydrogen (secondary N) is 1. The van der Waals surface area contributed by atoms with Crippen LogP contribution in [0.25, 0.3) is 10.8 Å². The number of piperidine rings is 2. The number of amides is 1. The van der Waals surface area contributed by atoms with Gasteiger partial charge in [0.25, 0.3) is 0 Å². The third kappa shape index (κ3) is 2.30. The van der Waals surface area contributed by atoms with Crippen LogP contribution in [0.5, 0.6) is 0 Å². The fourth-order valence-electron chi connectivity index (χ4n) is 3.69. The van der Waals surface area contributed by atoms with Crippen molar-refractivity contribution >= 4 is 22.5 Å². The molecule has 0 aliphatic carbocycles. The van der Waals surface area contributed by atoms with Gasteiger partial charge in [-0.15, -0.1) is 0 Å². The van der Waals surface area contributed by atoms with Crippen molar-refractivity contribution in [3.05, 3.63) is 36.3 Å². The average Bonchev–Trinajstić information content (AvgIpc) is 2.53. The molecule has 2 fully saturated rings. The molecule has 0 spiro atoms. The standard InChI is InChI=1S/C17H18FN3O/c18-13-2-3-14-11(9-13)5-7-19-17(14)21-8-6-15-12(10-21)1-4-16(22)20-15/h2-3,5,7,9,12,15H,1,4,6,8,10H2,(H,20,22). The summed E-state index contributed by atoms with van der Waals surface area (Å²) in [5.74, 6) is 1.35. The lowest BCUT2D eigenvalue weighted by Gasteiger charge is -2.42. The predicted molar refractivity (Wildman–Crippen MR) is 83.2 cm³/mol. The molecule has 2 atom stereocenters. The number of pyridine rings is 1. The minimum atomic E-state index is -0.224. The van der Waals surface area contributed by atoms with E-state index in [-0.39, 0.29) is 11.7 Å². The van der Waals surface area contributed by atoms with Crippen LogP contribution in [0.4, 0.5) is 10.2 Å². The van der Waals surface area contributed by atoms with Gasteiger partial charge < -0.3 is 10.2 Å². The maximum atomic E-state index is 13.4. The summed E-state index contributed by atoms with van der Waals surface area (Å²) >= 11 is 0. The third-order valence-corrected chi connectivity index (χ3v) is 4.83. The minimum absolute atomic E-state index is 0.175. The molecule has 22 heavy (non-hydrogen) atoms. The van der Waals surface area contributed by atoms with Crippen molar-refractivity contribution in [1.29, 1.82) is 0 Å². The SMILES string of the molecule is O=C1CCC2CN(c3nccc4cc(F)ccc34)CCC2N1. The molecule has 0 saturated carbocycles. The summed E-state index contributed by atoms with van der Waals surface area (Å²) in [5.41, 5.74) is 0. The molecule has 1 aromatic heterocycles. The largest absolute Gasteiger partial charge is 0.356 e. The Morgan fingerprint density at radius 2 is 2.18 bits per heavy atom. The van der Waals surface area contributed by atoms with Gasteiger partial charge in [-0.2, -0.15) is 0 Å². The van der Waals surface area contributed by atoms with Crippen molar-refractivity contribution in [2.24, 2.45) is 5.92 Å². The maximum absolute atomic E-state index is 13.4. The number of carbonyl (C=O) groups excluding carboxylic acids is 1. The van der Waals surface area contributed by atoms with Crippen LogP contribution < -0.4 is 10.2 Å². The lowest BCUT2D eigenvalue weighted by atomic mass is 9.85. The monoisotopic (exact) mass is 299 g/mol. The van der Waals surface area contributed by atoms with Crippen LogP contribution in [-0.4, -0.2) is 30.0 Å². The molecule has 114 valence electrons. The van der Waals surface area contributed by atoms with Crippen molar-refractivity contribution < 1.29 is 9.18 Å². The number of benzene rings is 1. The van der Waals surface area contributed by atoms with Gasteiger partial charge in [0.2, 0.25) is 5.91 Å².